The van der Waals surface area contributed by atoms with Gasteiger partial charge in [0, 0.05) is 21.7 Å². The van der Waals surface area contributed by atoms with Crippen molar-refractivity contribution in [2.75, 3.05) is 10.6 Å². The number of hydrogen-bond acceptors (Lipinski definition) is 8. The highest BCUT2D eigenvalue weighted by atomic mass is 32.2. The number of aromatic nitrogens is 4. The average Bonchev–Trinajstić information content (AvgIpc) is 3.14. The number of carbonyl (C=O) groups excluding carboxylic acids is 1. The van der Waals surface area contributed by atoms with Crippen molar-refractivity contribution in [2.24, 2.45) is 0 Å². The second-order valence-electron chi connectivity index (χ2n) is 6.40. The van der Waals surface area contributed by atoms with Crippen LogP contribution >= 0.6 is 23.1 Å². The normalized spacial score (nSPS) is 10.6. The summed E-state index contributed by atoms with van der Waals surface area (Å²) in [4.78, 5) is 31.4. The molecule has 1 amide bonds. The van der Waals surface area contributed by atoms with Gasteiger partial charge in [0.15, 0.2) is 10.3 Å². The Hall–Kier alpha value is -3.37. The molecule has 0 radical (unpaired) electrons. The third-order valence-electron chi connectivity index (χ3n) is 3.89. The van der Waals surface area contributed by atoms with Gasteiger partial charge in [-0.1, -0.05) is 24.3 Å². The molecule has 7 nitrogen and oxygen atoms in total. The first-order chi connectivity index (χ1) is 15.0. The molecule has 4 aromatic rings. The SMILES string of the molecule is Cc1nc(Nc2ncc(CC(=O)Nc3cccc(F)c3)s2)nc(Sc2ccccc2)n1. The number of thiazole rings is 1. The van der Waals surface area contributed by atoms with E-state index in [1.165, 1.54) is 35.2 Å². The summed E-state index contributed by atoms with van der Waals surface area (Å²) in [5.41, 5.74) is 0.414. The minimum atomic E-state index is -0.403. The first-order valence-corrected chi connectivity index (χ1v) is 10.9. The number of aryl methyl sites for hydroxylation is 1. The first kappa shape index (κ1) is 20.9. The maximum absolute atomic E-state index is 13.2. The molecule has 0 saturated heterocycles. The van der Waals surface area contributed by atoms with Crippen LogP contribution in [0.3, 0.4) is 0 Å². The molecule has 2 N–H and O–H groups in total. The third-order valence-corrected chi connectivity index (χ3v) is 5.68. The minimum Gasteiger partial charge on any atom is -0.326 e. The number of nitrogens with one attached hydrogen (secondary N) is 2. The summed E-state index contributed by atoms with van der Waals surface area (Å²) >= 11 is 2.76. The Morgan fingerprint density at radius 2 is 1.94 bits per heavy atom. The van der Waals surface area contributed by atoms with Gasteiger partial charge in [-0.3, -0.25) is 10.1 Å². The Balaban J connectivity index is 1.40. The Labute approximate surface area is 186 Å². The molecular weight excluding hydrogens is 435 g/mol. The molecule has 31 heavy (non-hydrogen) atoms. The second kappa shape index (κ2) is 9.63. The molecule has 2 aromatic heterocycles. The third kappa shape index (κ3) is 6.06. The summed E-state index contributed by atoms with van der Waals surface area (Å²) < 4.78 is 13.2. The topological polar surface area (TPSA) is 92.7 Å². The highest BCUT2D eigenvalue weighted by Gasteiger charge is 2.11. The first-order valence-electron chi connectivity index (χ1n) is 9.26. The number of anilines is 3. The van der Waals surface area contributed by atoms with Crippen molar-refractivity contribution in [1.82, 2.24) is 19.9 Å². The van der Waals surface area contributed by atoms with E-state index in [1.807, 2.05) is 30.3 Å². The van der Waals surface area contributed by atoms with Crippen molar-refractivity contribution in [3.05, 3.63) is 77.3 Å². The van der Waals surface area contributed by atoms with Crippen LogP contribution in [0, 0.1) is 12.7 Å². The number of nitrogens with zero attached hydrogens (tertiary/aromatic N) is 4. The van der Waals surface area contributed by atoms with E-state index in [1.54, 1.807) is 25.3 Å². The Kier molecular flexibility index (Phi) is 6.48. The van der Waals surface area contributed by atoms with E-state index in [-0.39, 0.29) is 12.3 Å². The van der Waals surface area contributed by atoms with Crippen LogP contribution in [0.5, 0.6) is 0 Å². The lowest BCUT2D eigenvalue weighted by Crippen LogP contribution is -2.13. The fourth-order valence-electron chi connectivity index (χ4n) is 2.63. The molecule has 0 bridgehead atoms. The molecule has 2 heterocycles. The summed E-state index contributed by atoms with van der Waals surface area (Å²) in [6, 6.07) is 15.6. The van der Waals surface area contributed by atoms with E-state index in [0.29, 0.717) is 27.7 Å². The zero-order chi connectivity index (χ0) is 21.6. The van der Waals surface area contributed by atoms with Crippen molar-refractivity contribution in [1.29, 1.82) is 0 Å². The Bertz CT molecular complexity index is 1200. The van der Waals surface area contributed by atoms with Gasteiger partial charge in [-0.25, -0.2) is 14.4 Å². The van der Waals surface area contributed by atoms with Crippen LogP contribution in [-0.4, -0.2) is 25.8 Å². The van der Waals surface area contributed by atoms with Crippen LogP contribution in [-0.2, 0) is 11.2 Å². The number of carbonyl (C=O) groups is 1. The summed E-state index contributed by atoms with van der Waals surface area (Å²) in [6.45, 7) is 1.80. The summed E-state index contributed by atoms with van der Waals surface area (Å²) in [5.74, 6) is 0.316. The number of hydrogen-bond donors (Lipinski definition) is 2. The van der Waals surface area contributed by atoms with Gasteiger partial charge < -0.3 is 5.32 Å². The molecule has 0 fully saturated rings. The van der Waals surface area contributed by atoms with Crippen molar-refractivity contribution in [2.45, 2.75) is 23.4 Å². The molecule has 4 rings (SSSR count). The van der Waals surface area contributed by atoms with E-state index >= 15 is 0 Å². The van der Waals surface area contributed by atoms with E-state index in [4.69, 9.17) is 0 Å². The lowest BCUT2D eigenvalue weighted by molar-refractivity contribution is -0.115. The van der Waals surface area contributed by atoms with Crippen LogP contribution in [0.2, 0.25) is 0 Å². The lowest BCUT2D eigenvalue weighted by atomic mass is 10.3. The average molecular weight is 453 g/mol. The number of benzene rings is 2. The fraction of sp³-hybridized carbons (Fsp3) is 0.0952. The zero-order valence-corrected chi connectivity index (χ0v) is 18.0. The van der Waals surface area contributed by atoms with E-state index in [9.17, 15) is 9.18 Å². The molecule has 0 saturated carbocycles. The predicted molar refractivity (Wildman–Crippen MR) is 119 cm³/mol. The van der Waals surface area contributed by atoms with Gasteiger partial charge in [-0.2, -0.15) is 9.97 Å². The van der Waals surface area contributed by atoms with Gasteiger partial charge in [-0.05, 0) is 49.0 Å². The molecule has 2 aromatic carbocycles. The van der Waals surface area contributed by atoms with Gasteiger partial charge in [0.25, 0.3) is 0 Å². The molecular formula is C21H17FN6OS2. The van der Waals surface area contributed by atoms with Gasteiger partial charge in [-0.15, -0.1) is 11.3 Å². The molecule has 10 heteroatoms. The van der Waals surface area contributed by atoms with Crippen LogP contribution in [0.25, 0.3) is 0 Å². The van der Waals surface area contributed by atoms with E-state index < -0.39 is 5.82 Å². The van der Waals surface area contributed by atoms with Crippen molar-refractivity contribution in [3.8, 4) is 0 Å². The summed E-state index contributed by atoms with van der Waals surface area (Å²) in [7, 11) is 0. The van der Waals surface area contributed by atoms with Gasteiger partial charge in [0.1, 0.15) is 11.6 Å². The molecule has 0 aliphatic rings. The molecule has 0 atom stereocenters. The number of halogens is 1. The fourth-order valence-corrected chi connectivity index (χ4v) is 4.24. The smallest absolute Gasteiger partial charge is 0.233 e. The van der Waals surface area contributed by atoms with Gasteiger partial charge in [0.05, 0.1) is 6.42 Å². The van der Waals surface area contributed by atoms with Crippen LogP contribution < -0.4 is 10.6 Å². The molecule has 0 unspecified atom stereocenters. The maximum Gasteiger partial charge on any atom is 0.233 e. The Morgan fingerprint density at radius 1 is 1.10 bits per heavy atom. The molecule has 156 valence electrons. The quantitative estimate of drug-likeness (QED) is 0.414. The summed E-state index contributed by atoms with van der Waals surface area (Å²) in [6.07, 6.45) is 1.74. The van der Waals surface area contributed by atoms with E-state index in [0.717, 1.165) is 9.77 Å². The van der Waals surface area contributed by atoms with Crippen LogP contribution in [0.4, 0.5) is 21.2 Å². The lowest BCUT2D eigenvalue weighted by Gasteiger charge is -2.05. The highest BCUT2D eigenvalue weighted by Crippen LogP contribution is 2.26. The zero-order valence-electron chi connectivity index (χ0n) is 16.4. The van der Waals surface area contributed by atoms with Crippen molar-refractivity contribution < 1.29 is 9.18 Å². The highest BCUT2D eigenvalue weighted by molar-refractivity contribution is 7.99. The standard InChI is InChI=1S/C21H17FN6OS2/c1-13-24-19(28-21(25-13)30-16-8-3-2-4-9-16)27-20-23-12-17(31-20)11-18(29)26-15-7-5-6-14(22)10-15/h2-10,12H,11H2,1H3,(H,26,29)(H,23,24,25,27,28). The van der Waals surface area contributed by atoms with Gasteiger partial charge in [0.2, 0.25) is 11.9 Å². The monoisotopic (exact) mass is 452 g/mol. The largest absolute Gasteiger partial charge is 0.326 e. The second-order valence-corrected chi connectivity index (χ2v) is 8.55. The minimum absolute atomic E-state index is 0.126. The number of rotatable bonds is 7. The molecule has 0 aliphatic heterocycles. The van der Waals surface area contributed by atoms with Gasteiger partial charge >= 0.3 is 0 Å². The molecule has 0 spiro atoms. The predicted octanol–water partition coefficient (Wildman–Crippen LogP) is 4.85. The van der Waals surface area contributed by atoms with E-state index in [2.05, 4.69) is 30.6 Å². The number of amides is 1. The summed E-state index contributed by atoms with van der Waals surface area (Å²) in [5, 5.41) is 6.89. The van der Waals surface area contributed by atoms with Crippen LogP contribution in [0.1, 0.15) is 10.7 Å². The Morgan fingerprint density at radius 3 is 2.74 bits per heavy atom. The molecule has 0 aliphatic carbocycles. The van der Waals surface area contributed by atoms with Crippen molar-refractivity contribution in [3.63, 3.8) is 0 Å². The maximum atomic E-state index is 13.2. The van der Waals surface area contributed by atoms with Crippen molar-refractivity contribution >= 4 is 45.8 Å². The van der Waals surface area contributed by atoms with Crippen LogP contribution in [0.15, 0.2) is 70.8 Å².